The van der Waals surface area contributed by atoms with Gasteiger partial charge in [-0.25, -0.2) is 0 Å². The van der Waals surface area contributed by atoms with Gasteiger partial charge in [0.2, 0.25) is 0 Å². The molecule has 1 aromatic carbocycles. The monoisotopic (exact) mass is 220 g/mol. The maximum Gasteiger partial charge on any atom is 0.0824 e. The van der Waals surface area contributed by atoms with Crippen LogP contribution in [0.4, 0.5) is 0 Å². The molecule has 2 rings (SSSR count). The molecule has 1 saturated heterocycles. The Bertz CT molecular complexity index is 315. The molecule has 0 radical (unpaired) electrons. The highest BCUT2D eigenvalue weighted by atomic mass is 16.5. The van der Waals surface area contributed by atoms with Crippen molar-refractivity contribution in [3.05, 3.63) is 35.9 Å². The largest absolute Gasteiger partial charge is 0.374 e. The van der Waals surface area contributed by atoms with Crippen molar-refractivity contribution in [2.45, 2.75) is 19.1 Å². The summed E-state index contributed by atoms with van der Waals surface area (Å²) in [6.07, 6.45) is 0.194. The molecular weight excluding hydrogens is 200 g/mol. The van der Waals surface area contributed by atoms with E-state index in [9.17, 15) is 0 Å². The summed E-state index contributed by atoms with van der Waals surface area (Å²) < 4.78 is 5.58. The summed E-state index contributed by atoms with van der Waals surface area (Å²) in [7, 11) is 0. The lowest BCUT2D eigenvalue weighted by Gasteiger charge is -2.36. The highest BCUT2D eigenvalue weighted by molar-refractivity contribution is 5.18. The molecular formula is C13H20N2O. The van der Waals surface area contributed by atoms with Crippen LogP contribution in [-0.2, 0) is 4.74 Å². The Kier molecular flexibility index (Phi) is 3.93. The van der Waals surface area contributed by atoms with Crippen LogP contribution in [0, 0.1) is 0 Å². The molecule has 88 valence electrons. The van der Waals surface area contributed by atoms with Crippen LogP contribution < -0.4 is 5.73 Å². The van der Waals surface area contributed by atoms with Crippen LogP contribution in [0.25, 0.3) is 0 Å². The first-order chi connectivity index (χ1) is 7.81. The zero-order valence-corrected chi connectivity index (χ0v) is 9.80. The molecule has 1 aromatic rings. The highest BCUT2D eigenvalue weighted by Gasteiger charge is 2.23. The zero-order valence-electron chi connectivity index (χ0n) is 9.80. The summed E-state index contributed by atoms with van der Waals surface area (Å²) in [5, 5.41) is 0. The van der Waals surface area contributed by atoms with Gasteiger partial charge in [-0.1, -0.05) is 30.3 Å². The number of hydrogen-bond donors (Lipinski definition) is 1. The number of benzene rings is 1. The van der Waals surface area contributed by atoms with E-state index in [2.05, 4.69) is 42.2 Å². The Hall–Kier alpha value is -0.900. The quantitative estimate of drug-likeness (QED) is 0.837. The maximum atomic E-state index is 5.65. The normalized spacial score (nSPS) is 24.2. The third kappa shape index (κ3) is 2.61. The Morgan fingerprint density at radius 1 is 1.44 bits per heavy atom. The van der Waals surface area contributed by atoms with E-state index >= 15 is 0 Å². The van der Waals surface area contributed by atoms with Crippen LogP contribution in [0.2, 0.25) is 0 Å². The van der Waals surface area contributed by atoms with Gasteiger partial charge in [0.05, 0.1) is 12.7 Å². The number of rotatable bonds is 3. The van der Waals surface area contributed by atoms with E-state index in [4.69, 9.17) is 10.5 Å². The second-order valence-electron chi connectivity index (χ2n) is 4.31. The van der Waals surface area contributed by atoms with E-state index < -0.39 is 0 Å². The van der Waals surface area contributed by atoms with Crippen molar-refractivity contribution in [3.63, 3.8) is 0 Å². The number of nitrogens with zero attached hydrogens (tertiary/aromatic N) is 1. The van der Waals surface area contributed by atoms with Crippen molar-refractivity contribution in [1.29, 1.82) is 0 Å². The lowest BCUT2D eigenvalue weighted by atomic mass is 10.1. The van der Waals surface area contributed by atoms with Gasteiger partial charge in [-0.15, -0.1) is 0 Å². The standard InChI is InChI=1S/C13H20N2O/c1-11(12-5-3-2-4-6-12)15-7-8-16-13(9-14)10-15/h2-6,11,13H,7-10,14H2,1H3/t11-,13-/m1/s1. The smallest absolute Gasteiger partial charge is 0.0824 e. The second-order valence-corrected chi connectivity index (χ2v) is 4.31. The molecule has 0 amide bonds. The SMILES string of the molecule is C[C@H](c1ccccc1)N1CCO[C@H](CN)C1. The summed E-state index contributed by atoms with van der Waals surface area (Å²) in [6, 6.07) is 11.0. The Morgan fingerprint density at radius 2 is 2.19 bits per heavy atom. The van der Waals surface area contributed by atoms with Gasteiger partial charge in [0, 0.05) is 25.7 Å². The van der Waals surface area contributed by atoms with Crippen molar-refractivity contribution >= 4 is 0 Å². The molecule has 0 spiro atoms. The first-order valence-electron chi connectivity index (χ1n) is 5.92. The van der Waals surface area contributed by atoms with E-state index in [1.54, 1.807) is 0 Å². The second kappa shape index (κ2) is 5.43. The van der Waals surface area contributed by atoms with Crippen molar-refractivity contribution in [2.24, 2.45) is 5.73 Å². The minimum Gasteiger partial charge on any atom is -0.374 e. The molecule has 16 heavy (non-hydrogen) atoms. The first-order valence-corrected chi connectivity index (χ1v) is 5.92. The summed E-state index contributed by atoms with van der Waals surface area (Å²) >= 11 is 0. The van der Waals surface area contributed by atoms with Crippen LogP contribution in [0.1, 0.15) is 18.5 Å². The summed E-state index contributed by atoms with van der Waals surface area (Å²) in [4.78, 5) is 2.44. The topological polar surface area (TPSA) is 38.5 Å². The number of ether oxygens (including phenoxy) is 1. The van der Waals surface area contributed by atoms with Gasteiger partial charge in [-0.05, 0) is 12.5 Å². The average molecular weight is 220 g/mol. The molecule has 1 aliphatic heterocycles. The van der Waals surface area contributed by atoms with Crippen molar-refractivity contribution in [1.82, 2.24) is 4.90 Å². The fourth-order valence-corrected chi connectivity index (χ4v) is 2.18. The molecule has 2 N–H and O–H groups in total. The minimum absolute atomic E-state index is 0.194. The lowest BCUT2D eigenvalue weighted by molar-refractivity contribution is -0.0364. The van der Waals surface area contributed by atoms with Crippen LogP contribution in [0.15, 0.2) is 30.3 Å². The van der Waals surface area contributed by atoms with Gasteiger partial charge >= 0.3 is 0 Å². The molecule has 3 nitrogen and oxygen atoms in total. The van der Waals surface area contributed by atoms with Crippen LogP contribution >= 0.6 is 0 Å². The third-order valence-corrected chi connectivity index (χ3v) is 3.26. The molecule has 1 aliphatic rings. The lowest BCUT2D eigenvalue weighted by Crippen LogP contribution is -2.46. The van der Waals surface area contributed by atoms with E-state index in [0.717, 1.165) is 19.7 Å². The van der Waals surface area contributed by atoms with Gasteiger partial charge in [-0.3, -0.25) is 4.90 Å². The number of nitrogens with two attached hydrogens (primary N) is 1. The van der Waals surface area contributed by atoms with E-state index in [0.29, 0.717) is 12.6 Å². The molecule has 3 heteroatoms. The molecule has 1 fully saturated rings. The predicted octanol–water partition coefficient (Wildman–Crippen LogP) is 1.41. The van der Waals surface area contributed by atoms with Crippen LogP contribution in [0.3, 0.4) is 0 Å². The summed E-state index contributed by atoms with van der Waals surface area (Å²) in [5.74, 6) is 0. The van der Waals surface area contributed by atoms with Gasteiger partial charge < -0.3 is 10.5 Å². The van der Waals surface area contributed by atoms with Crippen LogP contribution in [-0.4, -0.2) is 37.2 Å². The van der Waals surface area contributed by atoms with Crippen molar-refractivity contribution < 1.29 is 4.74 Å². The fourth-order valence-electron chi connectivity index (χ4n) is 2.18. The van der Waals surface area contributed by atoms with E-state index in [-0.39, 0.29) is 6.10 Å². The molecule has 1 heterocycles. The molecule has 0 saturated carbocycles. The Morgan fingerprint density at radius 3 is 2.88 bits per heavy atom. The predicted molar refractivity (Wildman–Crippen MR) is 65.2 cm³/mol. The molecule has 0 unspecified atom stereocenters. The fraction of sp³-hybridized carbons (Fsp3) is 0.538. The molecule has 2 atom stereocenters. The molecule has 0 aliphatic carbocycles. The van der Waals surface area contributed by atoms with Crippen LogP contribution in [0.5, 0.6) is 0 Å². The third-order valence-electron chi connectivity index (χ3n) is 3.26. The van der Waals surface area contributed by atoms with Crippen molar-refractivity contribution in [2.75, 3.05) is 26.2 Å². The molecule has 0 aromatic heterocycles. The van der Waals surface area contributed by atoms with E-state index in [1.807, 2.05) is 0 Å². The Balaban J connectivity index is 2.01. The van der Waals surface area contributed by atoms with Gasteiger partial charge in [0.1, 0.15) is 0 Å². The first kappa shape index (κ1) is 11.6. The van der Waals surface area contributed by atoms with Crippen molar-refractivity contribution in [3.8, 4) is 0 Å². The van der Waals surface area contributed by atoms with Gasteiger partial charge in [-0.2, -0.15) is 0 Å². The average Bonchev–Trinajstić information content (AvgIpc) is 2.39. The Labute approximate surface area is 97.2 Å². The number of morpholine rings is 1. The van der Waals surface area contributed by atoms with Gasteiger partial charge in [0.15, 0.2) is 0 Å². The summed E-state index contributed by atoms with van der Waals surface area (Å²) in [5.41, 5.74) is 7.01. The van der Waals surface area contributed by atoms with E-state index in [1.165, 1.54) is 5.56 Å². The minimum atomic E-state index is 0.194. The molecule has 0 bridgehead atoms. The zero-order chi connectivity index (χ0) is 11.4. The van der Waals surface area contributed by atoms with Gasteiger partial charge in [0.25, 0.3) is 0 Å². The highest BCUT2D eigenvalue weighted by Crippen LogP contribution is 2.21. The summed E-state index contributed by atoms with van der Waals surface area (Å²) in [6.45, 7) is 5.57. The maximum absolute atomic E-state index is 5.65. The number of hydrogen-bond acceptors (Lipinski definition) is 3.